The lowest BCUT2D eigenvalue weighted by Gasteiger charge is -2.19. The monoisotopic (exact) mass is 797 g/mol. The first-order chi connectivity index (χ1) is 30.2. The molecule has 0 amide bonds. The molecule has 0 bridgehead atoms. The largest absolute Gasteiger partial charge is 0.456 e. The molecule has 1 aliphatic rings. The molecule has 1 atom stereocenters. The number of furan rings is 1. The average Bonchev–Trinajstić information content (AvgIpc) is 3.86. The molecule has 1 unspecified atom stereocenters. The first-order valence-corrected chi connectivity index (χ1v) is 21.8. The van der Waals surface area contributed by atoms with E-state index in [1.54, 1.807) is 11.3 Å². The van der Waals surface area contributed by atoms with Gasteiger partial charge in [0.15, 0.2) is 17.5 Å². The fourth-order valence-electron chi connectivity index (χ4n) is 9.96. The maximum Gasteiger partial charge on any atom is 0.165 e. The van der Waals surface area contributed by atoms with E-state index in [4.69, 9.17) is 19.4 Å². The minimum atomic E-state index is 0.106. The summed E-state index contributed by atoms with van der Waals surface area (Å²) >= 11 is 1.79. The Kier molecular flexibility index (Phi) is 7.63. The molecular weight excluding hydrogens is 763 g/mol. The van der Waals surface area contributed by atoms with Crippen LogP contribution in [0.4, 0.5) is 0 Å². The van der Waals surface area contributed by atoms with Crippen molar-refractivity contribution in [3.8, 4) is 45.3 Å². The Hall–Kier alpha value is -7.47. The van der Waals surface area contributed by atoms with Crippen molar-refractivity contribution in [3.63, 3.8) is 0 Å². The molecule has 0 spiro atoms. The SMILES string of the molecule is c1ccc2c(c1)-c1cc3ccccc3cc1CCC2c1ccc(-c2nc(-c3cccc4ccccc34)nc(-c3cccc4c3sc3ccccc34)n2)c2c1oc1ccccc12. The van der Waals surface area contributed by atoms with Gasteiger partial charge in [-0.25, -0.2) is 15.0 Å². The van der Waals surface area contributed by atoms with Crippen molar-refractivity contribution in [1.29, 1.82) is 0 Å². The van der Waals surface area contributed by atoms with Gasteiger partial charge in [0.05, 0.1) is 0 Å². The van der Waals surface area contributed by atoms with Crippen LogP contribution in [0.15, 0.2) is 186 Å². The van der Waals surface area contributed by atoms with Gasteiger partial charge in [-0.1, -0.05) is 152 Å². The molecular formula is C56H35N3OS. The van der Waals surface area contributed by atoms with E-state index in [9.17, 15) is 0 Å². The number of para-hydroxylation sites is 1. The van der Waals surface area contributed by atoms with Crippen molar-refractivity contribution in [1.82, 2.24) is 15.0 Å². The fraction of sp³-hybridized carbons (Fsp3) is 0.0536. The number of fused-ring (bicyclic) bond motifs is 11. The summed E-state index contributed by atoms with van der Waals surface area (Å²) in [5.41, 5.74) is 11.1. The van der Waals surface area contributed by atoms with E-state index in [0.29, 0.717) is 17.5 Å². The maximum absolute atomic E-state index is 7.00. The lowest BCUT2D eigenvalue weighted by Crippen LogP contribution is -2.04. The van der Waals surface area contributed by atoms with Gasteiger partial charge >= 0.3 is 0 Å². The molecule has 3 aromatic heterocycles. The van der Waals surface area contributed by atoms with Crippen molar-refractivity contribution < 1.29 is 4.42 Å². The zero-order valence-corrected chi connectivity index (χ0v) is 33.8. The van der Waals surface area contributed by atoms with E-state index >= 15 is 0 Å². The van der Waals surface area contributed by atoms with Crippen LogP contribution in [0.5, 0.6) is 0 Å². The highest BCUT2D eigenvalue weighted by atomic mass is 32.1. The first kappa shape index (κ1) is 34.4. The summed E-state index contributed by atoms with van der Waals surface area (Å²) in [5.74, 6) is 2.02. The standard InChI is InChI=1S/C56H35N3OS/c1-2-15-35-32-48-36(31-34(35)14-1)27-28-40(38-18-5-6-19-39(38)48)42-29-30-46(51-45-21-7-9-25-49(45)60-52(42)51)55-57-54(44-23-11-16-33-13-3-4-17-37(33)44)58-56(59-55)47-24-12-22-43-41-20-8-10-26-50(41)61-53(43)47/h1-26,29-32,40H,27-28H2. The molecule has 0 saturated heterocycles. The molecule has 12 aromatic rings. The summed E-state index contributed by atoms with van der Waals surface area (Å²) in [5, 5.41) is 9.31. The normalized spacial score (nSPS) is 13.9. The summed E-state index contributed by atoms with van der Waals surface area (Å²) in [6.07, 6.45) is 1.91. The highest BCUT2D eigenvalue weighted by Crippen LogP contribution is 2.48. The molecule has 61 heavy (non-hydrogen) atoms. The van der Waals surface area contributed by atoms with Gasteiger partial charge in [0.25, 0.3) is 0 Å². The zero-order valence-electron chi connectivity index (χ0n) is 33.0. The van der Waals surface area contributed by atoms with E-state index in [2.05, 4.69) is 182 Å². The Labute approximate surface area is 355 Å². The number of rotatable bonds is 4. The number of hydrogen-bond donors (Lipinski definition) is 0. The average molecular weight is 798 g/mol. The Morgan fingerprint density at radius 2 is 1.07 bits per heavy atom. The summed E-state index contributed by atoms with van der Waals surface area (Å²) in [6, 6.07) is 65.3. The van der Waals surface area contributed by atoms with Crippen LogP contribution in [-0.4, -0.2) is 15.0 Å². The topological polar surface area (TPSA) is 51.8 Å². The molecule has 286 valence electrons. The lowest BCUT2D eigenvalue weighted by molar-refractivity contribution is 0.647. The van der Waals surface area contributed by atoms with Crippen LogP contribution in [0.2, 0.25) is 0 Å². The predicted octanol–water partition coefficient (Wildman–Crippen LogP) is 15.2. The van der Waals surface area contributed by atoms with Crippen LogP contribution in [-0.2, 0) is 6.42 Å². The molecule has 0 saturated carbocycles. The van der Waals surface area contributed by atoms with Gasteiger partial charge in [-0.2, -0.15) is 0 Å². The molecule has 9 aromatic carbocycles. The fourth-order valence-corrected chi connectivity index (χ4v) is 11.2. The molecule has 13 rings (SSSR count). The Morgan fingerprint density at radius 3 is 1.95 bits per heavy atom. The number of hydrogen-bond acceptors (Lipinski definition) is 5. The molecule has 0 N–H and O–H groups in total. The van der Waals surface area contributed by atoms with Gasteiger partial charge in [0, 0.05) is 59.1 Å². The number of aryl methyl sites for hydroxylation is 1. The third kappa shape index (κ3) is 5.40. The van der Waals surface area contributed by atoms with Crippen molar-refractivity contribution in [2.45, 2.75) is 18.8 Å². The molecule has 0 aliphatic heterocycles. The summed E-state index contributed by atoms with van der Waals surface area (Å²) in [4.78, 5) is 16.1. The highest BCUT2D eigenvalue weighted by molar-refractivity contribution is 7.26. The van der Waals surface area contributed by atoms with Crippen molar-refractivity contribution in [3.05, 3.63) is 199 Å². The van der Waals surface area contributed by atoms with Crippen LogP contribution in [0.1, 0.15) is 29.0 Å². The molecule has 1 aliphatic carbocycles. The highest BCUT2D eigenvalue weighted by Gasteiger charge is 2.29. The van der Waals surface area contributed by atoms with Crippen LogP contribution in [0.3, 0.4) is 0 Å². The van der Waals surface area contributed by atoms with E-state index in [-0.39, 0.29) is 5.92 Å². The third-order valence-corrected chi connectivity index (χ3v) is 14.0. The molecule has 3 heterocycles. The van der Waals surface area contributed by atoms with Crippen LogP contribution < -0.4 is 0 Å². The van der Waals surface area contributed by atoms with Gasteiger partial charge in [-0.15, -0.1) is 11.3 Å². The molecule has 5 heteroatoms. The molecule has 0 fully saturated rings. The van der Waals surface area contributed by atoms with Crippen LogP contribution >= 0.6 is 11.3 Å². The van der Waals surface area contributed by atoms with Crippen molar-refractivity contribution in [2.75, 3.05) is 0 Å². The van der Waals surface area contributed by atoms with Crippen LogP contribution in [0, 0.1) is 0 Å². The second kappa shape index (κ2) is 13.5. The van der Waals surface area contributed by atoms with Gasteiger partial charge in [-0.05, 0) is 87.0 Å². The van der Waals surface area contributed by atoms with E-state index in [0.717, 1.165) is 62.2 Å². The minimum absolute atomic E-state index is 0.106. The minimum Gasteiger partial charge on any atom is -0.456 e. The number of nitrogens with zero attached hydrogens (tertiary/aromatic N) is 3. The second-order valence-corrected chi connectivity index (χ2v) is 17.2. The summed E-state index contributed by atoms with van der Waals surface area (Å²) < 4.78 is 9.41. The predicted molar refractivity (Wildman–Crippen MR) is 253 cm³/mol. The van der Waals surface area contributed by atoms with E-state index < -0.39 is 0 Å². The van der Waals surface area contributed by atoms with E-state index in [1.165, 1.54) is 58.8 Å². The number of aromatic nitrogens is 3. The van der Waals surface area contributed by atoms with Gasteiger partial charge < -0.3 is 4.42 Å². The Bertz CT molecular complexity index is 3740. The number of benzene rings is 9. The molecule has 4 nitrogen and oxygen atoms in total. The Balaban J connectivity index is 1.06. The van der Waals surface area contributed by atoms with Gasteiger partial charge in [-0.3, -0.25) is 0 Å². The quantitative estimate of drug-likeness (QED) is 0.178. The van der Waals surface area contributed by atoms with Crippen molar-refractivity contribution >= 4 is 75.0 Å². The summed E-state index contributed by atoms with van der Waals surface area (Å²) in [7, 11) is 0. The lowest BCUT2D eigenvalue weighted by atomic mass is 9.84. The third-order valence-electron chi connectivity index (χ3n) is 12.8. The Morgan fingerprint density at radius 1 is 0.443 bits per heavy atom. The van der Waals surface area contributed by atoms with Crippen LogP contribution in [0.25, 0.3) is 109 Å². The summed E-state index contributed by atoms with van der Waals surface area (Å²) in [6.45, 7) is 0. The first-order valence-electron chi connectivity index (χ1n) is 20.9. The van der Waals surface area contributed by atoms with Gasteiger partial charge in [0.2, 0.25) is 0 Å². The van der Waals surface area contributed by atoms with Crippen molar-refractivity contribution in [2.24, 2.45) is 0 Å². The number of thiophene rings is 1. The maximum atomic E-state index is 7.00. The van der Waals surface area contributed by atoms with Gasteiger partial charge in [0.1, 0.15) is 11.2 Å². The van der Waals surface area contributed by atoms with E-state index in [1.807, 2.05) is 0 Å². The second-order valence-electron chi connectivity index (χ2n) is 16.2. The smallest absolute Gasteiger partial charge is 0.165 e. The molecule has 0 radical (unpaired) electrons. The zero-order chi connectivity index (χ0) is 40.0.